The van der Waals surface area contributed by atoms with Crippen molar-refractivity contribution in [2.45, 2.75) is 25.5 Å². The monoisotopic (exact) mass is 412 g/mol. The summed E-state index contributed by atoms with van der Waals surface area (Å²) in [7, 11) is 1.60. The first-order valence-electron chi connectivity index (χ1n) is 8.93. The SMILES string of the molecule is CCn1c(SCC(=O)c2ccc(C)c([N+](=O)[O-])c2)nnc1-c1ccccc1OC. The second kappa shape index (κ2) is 8.87. The van der Waals surface area contributed by atoms with E-state index < -0.39 is 4.92 Å². The van der Waals surface area contributed by atoms with Crippen molar-refractivity contribution in [3.8, 4) is 17.1 Å². The molecule has 0 aliphatic heterocycles. The number of carbonyl (C=O) groups excluding carboxylic acids is 1. The molecule has 0 saturated carbocycles. The molecule has 0 aliphatic rings. The van der Waals surface area contributed by atoms with Crippen molar-refractivity contribution in [1.82, 2.24) is 14.8 Å². The van der Waals surface area contributed by atoms with Gasteiger partial charge < -0.3 is 9.30 Å². The Labute approximate surface area is 172 Å². The predicted octanol–water partition coefficient (Wildman–Crippen LogP) is 4.17. The van der Waals surface area contributed by atoms with Crippen LogP contribution in [0.3, 0.4) is 0 Å². The molecule has 150 valence electrons. The number of rotatable bonds is 8. The molecule has 0 atom stereocenters. The van der Waals surface area contributed by atoms with Gasteiger partial charge in [0.25, 0.3) is 5.69 Å². The van der Waals surface area contributed by atoms with Crippen molar-refractivity contribution in [2.75, 3.05) is 12.9 Å². The molecule has 2 aromatic carbocycles. The summed E-state index contributed by atoms with van der Waals surface area (Å²) in [5.74, 6) is 1.24. The minimum Gasteiger partial charge on any atom is -0.496 e. The van der Waals surface area contributed by atoms with Crippen LogP contribution in [-0.4, -0.2) is 38.3 Å². The number of nitro groups is 1. The number of nitro benzene ring substituents is 1. The van der Waals surface area contributed by atoms with Crippen molar-refractivity contribution < 1.29 is 14.5 Å². The summed E-state index contributed by atoms with van der Waals surface area (Å²) < 4.78 is 7.32. The molecule has 1 aromatic heterocycles. The van der Waals surface area contributed by atoms with E-state index in [0.717, 1.165) is 5.56 Å². The Kier molecular flexibility index (Phi) is 6.28. The van der Waals surface area contributed by atoms with E-state index in [0.29, 0.717) is 34.4 Å². The van der Waals surface area contributed by atoms with E-state index in [4.69, 9.17) is 4.74 Å². The van der Waals surface area contributed by atoms with Crippen LogP contribution in [0.5, 0.6) is 5.75 Å². The average molecular weight is 412 g/mol. The molecule has 3 aromatic rings. The number of aryl methyl sites for hydroxylation is 1. The van der Waals surface area contributed by atoms with Gasteiger partial charge in [0.1, 0.15) is 5.75 Å². The van der Waals surface area contributed by atoms with Gasteiger partial charge >= 0.3 is 0 Å². The Morgan fingerprint density at radius 3 is 2.69 bits per heavy atom. The number of nitrogens with zero attached hydrogens (tertiary/aromatic N) is 4. The molecule has 9 heteroatoms. The molecule has 29 heavy (non-hydrogen) atoms. The summed E-state index contributed by atoms with van der Waals surface area (Å²) in [6.45, 7) is 4.23. The zero-order valence-electron chi connectivity index (χ0n) is 16.3. The first-order chi connectivity index (χ1) is 14.0. The Hall–Kier alpha value is -3.20. The average Bonchev–Trinajstić information content (AvgIpc) is 3.14. The normalized spacial score (nSPS) is 10.7. The van der Waals surface area contributed by atoms with Crippen molar-refractivity contribution in [3.63, 3.8) is 0 Å². The molecular formula is C20H20N4O4S. The molecule has 0 amide bonds. The minimum atomic E-state index is -0.480. The highest BCUT2D eigenvalue weighted by molar-refractivity contribution is 7.99. The van der Waals surface area contributed by atoms with Gasteiger partial charge in [0, 0.05) is 23.7 Å². The van der Waals surface area contributed by atoms with Crippen LogP contribution in [0.4, 0.5) is 5.69 Å². The van der Waals surface area contributed by atoms with Gasteiger partial charge in [0.05, 0.1) is 23.3 Å². The van der Waals surface area contributed by atoms with Crippen molar-refractivity contribution in [2.24, 2.45) is 0 Å². The molecule has 0 bridgehead atoms. The number of aromatic nitrogens is 3. The lowest BCUT2D eigenvalue weighted by molar-refractivity contribution is -0.385. The van der Waals surface area contributed by atoms with Crippen LogP contribution >= 0.6 is 11.8 Å². The number of benzene rings is 2. The lowest BCUT2D eigenvalue weighted by atomic mass is 10.1. The van der Waals surface area contributed by atoms with Gasteiger partial charge in [-0.05, 0) is 26.0 Å². The number of carbonyl (C=O) groups is 1. The molecule has 0 saturated heterocycles. The third-order valence-electron chi connectivity index (χ3n) is 4.44. The fraction of sp³-hybridized carbons (Fsp3) is 0.250. The minimum absolute atomic E-state index is 0.0592. The Balaban J connectivity index is 1.81. The highest BCUT2D eigenvalue weighted by Crippen LogP contribution is 2.31. The van der Waals surface area contributed by atoms with Gasteiger partial charge in [-0.15, -0.1) is 10.2 Å². The summed E-state index contributed by atoms with van der Waals surface area (Å²) in [5, 5.41) is 20.2. The van der Waals surface area contributed by atoms with Crippen molar-refractivity contribution in [3.05, 3.63) is 63.7 Å². The third-order valence-corrected chi connectivity index (χ3v) is 5.41. The van der Waals surface area contributed by atoms with E-state index in [1.807, 2.05) is 35.8 Å². The first kappa shape index (κ1) is 20.5. The first-order valence-corrected chi connectivity index (χ1v) is 9.92. The lowest BCUT2D eigenvalue weighted by Crippen LogP contribution is -2.06. The van der Waals surface area contributed by atoms with Gasteiger partial charge in [-0.1, -0.05) is 36.0 Å². The van der Waals surface area contributed by atoms with Crippen LogP contribution in [0.2, 0.25) is 0 Å². The van der Waals surface area contributed by atoms with Gasteiger partial charge in [-0.2, -0.15) is 0 Å². The fourth-order valence-corrected chi connectivity index (χ4v) is 3.80. The lowest BCUT2D eigenvalue weighted by Gasteiger charge is -2.10. The molecule has 1 heterocycles. The molecule has 0 spiro atoms. The number of ketones is 1. The maximum Gasteiger partial charge on any atom is 0.273 e. The van der Waals surface area contributed by atoms with Crippen LogP contribution in [0.25, 0.3) is 11.4 Å². The molecule has 0 unspecified atom stereocenters. The summed E-state index contributed by atoms with van der Waals surface area (Å²) >= 11 is 1.25. The Morgan fingerprint density at radius 2 is 2.00 bits per heavy atom. The second-order valence-corrected chi connectivity index (χ2v) is 7.16. The van der Waals surface area contributed by atoms with Gasteiger partial charge in [0.2, 0.25) is 0 Å². The van der Waals surface area contributed by atoms with Gasteiger partial charge in [0.15, 0.2) is 16.8 Å². The number of ether oxygens (including phenoxy) is 1. The summed E-state index contributed by atoms with van der Waals surface area (Å²) in [6.07, 6.45) is 0. The molecular weight excluding hydrogens is 392 g/mol. The fourth-order valence-electron chi connectivity index (χ4n) is 2.90. The number of thioether (sulfide) groups is 1. The van der Waals surface area contributed by atoms with Gasteiger partial charge in [-0.3, -0.25) is 14.9 Å². The molecule has 0 fully saturated rings. The van der Waals surface area contributed by atoms with Crippen LogP contribution in [0.15, 0.2) is 47.6 Å². The highest BCUT2D eigenvalue weighted by Gasteiger charge is 2.19. The predicted molar refractivity (Wildman–Crippen MR) is 111 cm³/mol. The number of methoxy groups -OCH3 is 1. The zero-order chi connectivity index (χ0) is 21.0. The Bertz CT molecular complexity index is 1060. The van der Waals surface area contributed by atoms with E-state index in [1.165, 1.54) is 17.8 Å². The molecule has 8 nitrogen and oxygen atoms in total. The highest BCUT2D eigenvalue weighted by atomic mass is 32.2. The second-order valence-electron chi connectivity index (χ2n) is 6.22. The van der Waals surface area contributed by atoms with Crippen LogP contribution < -0.4 is 4.74 Å². The van der Waals surface area contributed by atoms with Crippen molar-refractivity contribution >= 4 is 23.2 Å². The quantitative estimate of drug-likeness (QED) is 0.237. The zero-order valence-corrected chi connectivity index (χ0v) is 17.1. The molecule has 0 aliphatic carbocycles. The number of hydrogen-bond acceptors (Lipinski definition) is 7. The van der Waals surface area contributed by atoms with E-state index in [9.17, 15) is 14.9 Å². The van der Waals surface area contributed by atoms with E-state index in [2.05, 4.69) is 10.2 Å². The summed E-state index contributed by atoms with van der Waals surface area (Å²) in [6, 6.07) is 12.0. The van der Waals surface area contributed by atoms with Crippen molar-refractivity contribution in [1.29, 1.82) is 0 Å². The summed E-state index contributed by atoms with van der Waals surface area (Å²) in [5.41, 5.74) is 1.58. The largest absolute Gasteiger partial charge is 0.496 e. The molecule has 3 rings (SSSR count). The van der Waals surface area contributed by atoms with Crippen LogP contribution in [0, 0.1) is 17.0 Å². The third kappa shape index (κ3) is 4.29. The maximum atomic E-state index is 12.6. The standard InChI is InChI=1S/C20H20N4O4S/c1-4-23-19(15-7-5-6-8-18(15)28-3)21-22-20(23)29-12-17(25)14-10-9-13(2)16(11-14)24(26)27/h5-11H,4,12H2,1-3H3. The molecule has 0 radical (unpaired) electrons. The number of para-hydroxylation sites is 1. The van der Waals surface area contributed by atoms with E-state index in [-0.39, 0.29) is 17.2 Å². The Morgan fingerprint density at radius 1 is 1.24 bits per heavy atom. The van der Waals surface area contributed by atoms with Crippen LogP contribution in [-0.2, 0) is 6.54 Å². The number of hydrogen-bond donors (Lipinski definition) is 0. The van der Waals surface area contributed by atoms with E-state index >= 15 is 0 Å². The molecule has 0 N–H and O–H groups in total. The topological polar surface area (TPSA) is 100 Å². The van der Waals surface area contributed by atoms with E-state index in [1.54, 1.807) is 26.2 Å². The summed E-state index contributed by atoms with van der Waals surface area (Å²) in [4.78, 5) is 23.2. The van der Waals surface area contributed by atoms with Crippen LogP contribution in [0.1, 0.15) is 22.8 Å². The number of Topliss-reactive ketones (excluding diaryl/α,β-unsaturated/α-hetero) is 1. The smallest absolute Gasteiger partial charge is 0.273 e. The maximum absolute atomic E-state index is 12.6. The van der Waals surface area contributed by atoms with Gasteiger partial charge in [-0.25, -0.2) is 0 Å².